The van der Waals surface area contributed by atoms with Crippen LogP contribution in [0.3, 0.4) is 0 Å². The molecule has 4 nitrogen and oxygen atoms in total. The Hall–Kier alpha value is -0.610. The number of nitrogens with zero attached hydrogens (tertiary/aromatic N) is 2. The first-order chi connectivity index (χ1) is 8.38. The zero-order chi connectivity index (χ0) is 13.3. The third kappa shape index (κ3) is 3.04. The van der Waals surface area contributed by atoms with Gasteiger partial charge in [-0.05, 0) is 59.5 Å². The molecule has 2 heterocycles. The van der Waals surface area contributed by atoms with Gasteiger partial charge in [-0.2, -0.15) is 0 Å². The van der Waals surface area contributed by atoms with Crippen LogP contribution in [0.4, 0.5) is 0 Å². The molecule has 0 spiro atoms. The normalized spacial score (nSPS) is 29.6. The Morgan fingerprint density at radius 3 is 2.67 bits per heavy atom. The van der Waals surface area contributed by atoms with Crippen LogP contribution in [0, 0.1) is 0 Å². The van der Waals surface area contributed by atoms with Gasteiger partial charge >= 0.3 is 5.97 Å². The van der Waals surface area contributed by atoms with Gasteiger partial charge in [0.15, 0.2) is 0 Å². The van der Waals surface area contributed by atoms with Crippen LogP contribution < -0.4 is 0 Å². The molecule has 0 radical (unpaired) electrons. The van der Waals surface area contributed by atoms with Crippen molar-refractivity contribution >= 4 is 5.97 Å². The van der Waals surface area contributed by atoms with E-state index in [0.717, 1.165) is 19.4 Å². The number of carboxylic acid groups (broad SMARTS) is 1. The summed E-state index contributed by atoms with van der Waals surface area (Å²) < 4.78 is 0. The van der Waals surface area contributed by atoms with E-state index in [2.05, 4.69) is 30.6 Å². The molecule has 2 aliphatic heterocycles. The van der Waals surface area contributed by atoms with Crippen LogP contribution in [-0.2, 0) is 4.79 Å². The molecular weight excluding hydrogens is 228 g/mol. The van der Waals surface area contributed by atoms with Crippen LogP contribution in [0.1, 0.15) is 46.5 Å². The predicted molar refractivity (Wildman–Crippen MR) is 71.7 cm³/mol. The molecule has 0 aliphatic carbocycles. The number of carbonyl (C=O) groups is 1. The lowest BCUT2D eigenvalue weighted by Crippen LogP contribution is -2.55. The highest BCUT2D eigenvalue weighted by atomic mass is 16.4. The van der Waals surface area contributed by atoms with E-state index in [4.69, 9.17) is 5.11 Å². The molecule has 0 saturated carbocycles. The second kappa shape index (κ2) is 5.17. The second-order valence-corrected chi connectivity index (χ2v) is 6.70. The van der Waals surface area contributed by atoms with Crippen molar-refractivity contribution in [1.29, 1.82) is 0 Å². The molecule has 0 aromatic heterocycles. The molecule has 0 bridgehead atoms. The van der Waals surface area contributed by atoms with E-state index in [0.29, 0.717) is 12.1 Å². The second-order valence-electron chi connectivity index (χ2n) is 6.70. The fourth-order valence-electron chi connectivity index (χ4n) is 3.55. The zero-order valence-electron chi connectivity index (χ0n) is 11.9. The Morgan fingerprint density at radius 1 is 1.33 bits per heavy atom. The number of fused-ring (bicyclic) bond motifs is 1. The maximum atomic E-state index is 11.1. The van der Waals surface area contributed by atoms with Gasteiger partial charge in [-0.25, -0.2) is 0 Å². The Morgan fingerprint density at radius 2 is 2.06 bits per heavy atom. The van der Waals surface area contributed by atoms with E-state index in [9.17, 15) is 4.79 Å². The SMILES string of the molecule is CC(C)(C)N(CC(=O)O)C1CCN2CCCC2C1. The molecule has 2 aliphatic rings. The first-order valence-corrected chi connectivity index (χ1v) is 7.10. The third-order valence-corrected chi connectivity index (χ3v) is 4.40. The van der Waals surface area contributed by atoms with E-state index in [1.165, 1.54) is 19.4 Å². The Balaban J connectivity index is 2.04. The monoisotopic (exact) mass is 254 g/mol. The van der Waals surface area contributed by atoms with Crippen LogP contribution in [0.2, 0.25) is 0 Å². The van der Waals surface area contributed by atoms with E-state index >= 15 is 0 Å². The number of hydrogen-bond donors (Lipinski definition) is 1. The van der Waals surface area contributed by atoms with E-state index in [1.807, 2.05) is 0 Å². The van der Waals surface area contributed by atoms with Gasteiger partial charge in [0, 0.05) is 17.6 Å². The van der Waals surface area contributed by atoms with E-state index < -0.39 is 5.97 Å². The quantitative estimate of drug-likeness (QED) is 0.834. The maximum Gasteiger partial charge on any atom is 0.317 e. The molecule has 104 valence electrons. The van der Waals surface area contributed by atoms with Crippen molar-refractivity contribution in [3.8, 4) is 0 Å². The van der Waals surface area contributed by atoms with Crippen LogP contribution in [0.25, 0.3) is 0 Å². The van der Waals surface area contributed by atoms with Crippen molar-refractivity contribution in [3.05, 3.63) is 0 Å². The summed E-state index contributed by atoms with van der Waals surface area (Å²) in [6.45, 7) is 8.92. The standard InChI is InChI=1S/C14H26N2O2/c1-14(2,3)16(10-13(17)18)12-6-8-15-7-4-5-11(15)9-12/h11-12H,4-10H2,1-3H3,(H,17,18). The number of hydrogen-bond acceptors (Lipinski definition) is 3. The minimum absolute atomic E-state index is 0.0656. The van der Waals surface area contributed by atoms with Gasteiger partial charge in [-0.1, -0.05) is 0 Å². The van der Waals surface area contributed by atoms with Gasteiger partial charge in [-0.15, -0.1) is 0 Å². The van der Waals surface area contributed by atoms with Crippen molar-refractivity contribution in [1.82, 2.24) is 9.80 Å². The summed E-state index contributed by atoms with van der Waals surface area (Å²) in [7, 11) is 0. The summed E-state index contributed by atoms with van der Waals surface area (Å²) in [5, 5.41) is 9.11. The third-order valence-electron chi connectivity index (χ3n) is 4.40. The Bertz CT molecular complexity index is 311. The lowest BCUT2D eigenvalue weighted by atomic mass is 9.92. The molecule has 2 atom stereocenters. The smallest absolute Gasteiger partial charge is 0.317 e. The largest absolute Gasteiger partial charge is 0.480 e. The lowest BCUT2D eigenvalue weighted by Gasteiger charge is -2.45. The lowest BCUT2D eigenvalue weighted by molar-refractivity contribution is -0.141. The molecule has 2 rings (SSSR count). The fraction of sp³-hybridized carbons (Fsp3) is 0.929. The predicted octanol–water partition coefficient (Wildman–Crippen LogP) is 1.80. The van der Waals surface area contributed by atoms with E-state index in [1.54, 1.807) is 0 Å². The van der Waals surface area contributed by atoms with Crippen molar-refractivity contribution in [2.24, 2.45) is 0 Å². The molecule has 0 aromatic carbocycles. The number of carboxylic acids is 1. The Labute approximate surface area is 110 Å². The first-order valence-electron chi connectivity index (χ1n) is 7.10. The average molecular weight is 254 g/mol. The number of aliphatic carboxylic acids is 1. The summed E-state index contributed by atoms with van der Waals surface area (Å²) in [6, 6.07) is 1.13. The van der Waals surface area contributed by atoms with Crippen LogP contribution in [0.5, 0.6) is 0 Å². The zero-order valence-corrected chi connectivity index (χ0v) is 11.9. The van der Waals surface area contributed by atoms with Gasteiger partial charge in [0.25, 0.3) is 0 Å². The van der Waals surface area contributed by atoms with Crippen LogP contribution in [0.15, 0.2) is 0 Å². The molecule has 0 amide bonds. The molecular formula is C14H26N2O2. The summed E-state index contributed by atoms with van der Waals surface area (Å²) in [4.78, 5) is 15.8. The van der Waals surface area contributed by atoms with Crippen molar-refractivity contribution in [2.45, 2.75) is 64.1 Å². The van der Waals surface area contributed by atoms with Crippen molar-refractivity contribution < 1.29 is 9.90 Å². The van der Waals surface area contributed by atoms with Gasteiger partial charge in [0.2, 0.25) is 0 Å². The first kappa shape index (κ1) is 13.8. The molecule has 2 saturated heterocycles. The van der Waals surface area contributed by atoms with Crippen LogP contribution in [-0.4, -0.2) is 58.1 Å². The average Bonchev–Trinajstić information content (AvgIpc) is 2.70. The minimum Gasteiger partial charge on any atom is -0.480 e. The summed E-state index contributed by atoms with van der Waals surface area (Å²) in [5.74, 6) is -0.709. The van der Waals surface area contributed by atoms with Crippen molar-refractivity contribution in [3.63, 3.8) is 0 Å². The summed E-state index contributed by atoms with van der Waals surface area (Å²) in [5.41, 5.74) is -0.0656. The molecule has 0 aromatic rings. The minimum atomic E-state index is -0.709. The topological polar surface area (TPSA) is 43.8 Å². The molecule has 2 fully saturated rings. The van der Waals surface area contributed by atoms with E-state index in [-0.39, 0.29) is 12.1 Å². The molecule has 1 N–H and O–H groups in total. The van der Waals surface area contributed by atoms with Gasteiger partial charge in [-0.3, -0.25) is 9.69 Å². The molecule has 4 heteroatoms. The highest BCUT2D eigenvalue weighted by Gasteiger charge is 2.38. The highest BCUT2D eigenvalue weighted by Crippen LogP contribution is 2.32. The van der Waals surface area contributed by atoms with Gasteiger partial charge in [0.1, 0.15) is 0 Å². The summed E-state index contributed by atoms with van der Waals surface area (Å²) >= 11 is 0. The van der Waals surface area contributed by atoms with Crippen molar-refractivity contribution in [2.75, 3.05) is 19.6 Å². The Kier molecular flexibility index (Phi) is 3.97. The highest BCUT2D eigenvalue weighted by molar-refractivity contribution is 5.69. The number of rotatable bonds is 3. The molecule has 2 unspecified atom stereocenters. The van der Waals surface area contributed by atoms with Gasteiger partial charge in [0.05, 0.1) is 6.54 Å². The van der Waals surface area contributed by atoms with Gasteiger partial charge < -0.3 is 10.0 Å². The summed E-state index contributed by atoms with van der Waals surface area (Å²) in [6.07, 6.45) is 4.86. The molecule has 18 heavy (non-hydrogen) atoms. The maximum absolute atomic E-state index is 11.1. The van der Waals surface area contributed by atoms with Crippen LogP contribution >= 0.6 is 0 Å². The fourth-order valence-corrected chi connectivity index (χ4v) is 3.55. The number of piperidine rings is 1.